The number of imide groups is 2. The third kappa shape index (κ3) is 5.49. The molecule has 4 amide bonds. The summed E-state index contributed by atoms with van der Waals surface area (Å²) in [5.41, 5.74) is 3.23. The van der Waals surface area contributed by atoms with Gasteiger partial charge in [-0.1, -0.05) is 0 Å². The highest BCUT2D eigenvalue weighted by molar-refractivity contribution is 6.23. The van der Waals surface area contributed by atoms with E-state index >= 15 is 0 Å². The van der Waals surface area contributed by atoms with Gasteiger partial charge in [0.05, 0.1) is 42.3 Å². The van der Waals surface area contributed by atoms with Crippen molar-refractivity contribution in [3.05, 3.63) is 75.8 Å². The summed E-state index contributed by atoms with van der Waals surface area (Å²) in [5, 5.41) is 14.0. The Kier molecular flexibility index (Phi) is 8.24. The molecule has 5 heterocycles. The molecule has 50 heavy (non-hydrogen) atoms. The number of rotatable bonds is 9. The monoisotopic (exact) mass is 681 g/mol. The molecule has 2 aromatic heterocycles. The lowest BCUT2D eigenvalue weighted by molar-refractivity contribution is -0.136. The van der Waals surface area contributed by atoms with Crippen LogP contribution in [0.25, 0.3) is 21.9 Å². The highest BCUT2D eigenvalue weighted by Crippen LogP contribution is 2.39. The predicted octanol–water partition coefficient (Wildman–Crippen LogP) is 2.15. The molecule has 15 nitrogen and oxygen atoms in total. The third-order valence-corrected chi connectivity index (χ3v) is 9.72. The molecule has 1 atom stereocenters. The average molecular weight is 682 g/mol. The molecule has 2 saturated heterocycles. The smallest absolute Gasteiger partial charge is 0.262 e. The fraction of sp³-hybridized carbons (Fsp3) is 0.314. The summed E-state index contributed by atoms with van der Waals surface area (Å²) in [4.78, 5) is 75.2. The number of piperidine rings is 1. The van der Waals surface area contributed by atoms with Crippen molar-refractivity contribution in [2.75, 3.05) is 51.4 Å². The Morgan fingerprint density at radius 1 is 0.920 bits per heavy atom. The highest BCUT2D eigenvalue weighted by Gasteiger charge is 2.45. The van der Waals surface area contributed by atoms with Gasteiger partial charge in [-0.2, -0.15) is 0 Å². The number of likely N-dealkylation sites (N-methyl/N-ethyl adjacent to an activating group) is 1. The van der Waals surface area contributed by atoms with E-state index < -0.39 is 29.7 Å². The second kappa shape index (κ2) is 12.6. The Labute approximate surface area is 285 Å². The van der Waals surface area contributed by atoms with Crippen LogP contribution in [0.3, 0.4) is 0 Å². The SMILES string of the molecule is COc1cc(-c2c[nH]c(=O)c3cnc(N(C)O)cc23)cc(OC)c1CN1CC(N(C)c2ccc3c(c2)C(=O)N(C2CCC(=O)NC2=O)C3=O)C1. The lowest BCUT2D eigenvalue weighted by atomic mass is 9.98. The number of hydroxylamine groups is 1. The third-order valence-electron chi connectivity index (χ3n) is 9.72. The molecular formula is C35H35N7O8. The number of aromatic amines is 1. The minimum Gasteiger partial charge on any atom is -0.496 e. The van der Waals surface area contributed by atoms with Crippen LogP contribution in [0.2, 0.25) is 0 Å². The number of methoxy groups -OCH3 is 2. The molecule has 4 aromatic rings. The summed E-state index contributed by atoms with van der Waals surface area (Å²) in [6, 6.07) is 9.62. The number of ether oxygens (including phenoxy) is 2. The van der Waals surface area contributed by atoms with Crippen LogP contribution in [0.1, 0.15) is 39.1 Å². The van der Waals surface area contributed by atoms with Crippen LogP contribution >= 0.6 is 0 Å². The first-order chi connectivity index (χ1) is 24.0. The Morgan fingerprint density at radius 2 is 1.62 bits per heavy atom. The molecule has 0 bridgehead atoms. The molecule has 0 saturated carbocycles. The van der Waals surface area contributed by atoms with E-state index in [0.717, 1.165) is 26.8 Å². The van der Waals surface area contributed by atoms with E-state index in [-0.39, 0.29) is 41.4 Å². The number of hydrogen-bond acceptors (Lipinski definition) is 12. The number of anilines is 2. The van der Waals surface area contributed by atoms with Gasteiger partial charge in [0.1, 0.15) is 17.5 Å². The number of benzene rings is 2. The lowest BCUT2D eigenvalue weighted by Gasteiger charge is -2.45. The molecule has 3 N–H and O–H groups in total. The first-order valence-corrected chi connectivity index (χ1v) is 16.0. The second-order valence-electron chi connectivity index (χ2n) is 12.6. The fourth-order valence-electron chi connectivity index (χ4n) is 6.88. The first kappa shape index (κ1) is 32.7. The molecule has 1 unspecified atom stereocenters. The largest absolute Gasteiger partial charge is 0.496 e. The second-order valence-corrected chi connectivity index (χ2v) is 12.6. The number of likely N-dealkylation sites (tertiary alicyclic amines) is 1. The number of amides is 4. The summed E-state index contributed by atoms with van der Waals surface area (Å²) in [6.45, 7) is 1.93. The van der Waals surface area contributed by atoms with Crippen LogP contribution in [-0.2, 0) is 16.1 Å². The summed E-state index contributed by atoms with van der Waals surface area (Å²) < 4.78 is 11.7. The minimum atomic E-state index is -1.01. The Balaban J connectivity index is 1.08. The normalized spacial score (nSPS) is 17.9. The van der Waals surface area contributed by atoms with Gasteiger partial charge in [0.25, 0.3) is 17.4 Å². The number of nitrogens with zero attached hydrogens (tertiary/aromatic N) is 5. The molecule has 3 aliphatic heterocycles. The van der Waals surface area contributed by atoms with Crippen molar-refractivity contribution >= 4 is 45.9 Å². The zero-order valence-electron chi connectivity index (χ0n) is 27.9. The maximum Gasteiger partial charge on any atom is 0.262 e. The van der Waals surface area contributed by atoms with Gasteiger partial charge < -0.3 is 19.4 Å². The van der Waals surface area contributed by atoms with Crippen LogP contribution in [0.15, 0.2) is 53.6 Å². The number of carbonyl (C=O) groups is 4. The number of fused-ring (bicyclic) bond motifs is 2. The van der Waals surface area contributed by atoms with Crippen LogP contribution < -0.4 is 30.3 Å². The summed E-state index contributed by atoms with van der Waals surface area (Å²) in [5.74, 6) is -0.646. The fourth-order valence-corrected chi connectivity index (χ4v) is 6.88. The van der Waals surface area contributed by atoms with Crippen molar-refractivity contribution in [3.8, 4) is 22.6 Å². The average Bonchev–Trinajstić information content (AvgIpc) is 3.33. The molecule has 0 radical (unpaired) electrons. The van der Waals surface area contributed by atoms with Crippen molar-refractivity contribution in [3.63, 3.8) is 0 Å². The topological polar surface area (TPSA) is 178 Å². The van der Waals surface area contributed by atoms with E-state index in [9.17, 15) is 29.2 Å². The molecule has 0 aliphatic carbocycles. The van der Waals surface area contributed by atoms with Gasteiger partial charge in [-0.05, 0) is 48.4 Å². The number of aromatic nitrogens is 2. The van der Waals surface area contributed by atoms with E-state index in [0.29, 0.717) is 47.5 Å². The standard InChI is InChI=1S/C35H35N7O8/c1-39(19-5-6-21-23(11-19)35(47)42(34(21)46)27-7-8-31(43)38-33(27)45)20-15-41(16-20)17-26-28(49-3)9-18(10-29(26)50-4)24-13-37-32(44)25-14-36-30(40(2)48)12-22(24)25/h5-6,9-14,20,27,48H,7-8,15-17H2,1-4H3,(H,37,44)(H,38,43,45). The molecular weight excluding hydrogens is 646 g/mol. The molecule has 2 aromatic carbocycles. The van der Waals surface area contributed by atoms with Gasteiger partial charge >= 0.3 is 0 Å². The van der Waals surface area contributed by atoms with Crippen LogP contribution in [0.4, 0.5) is 11.5 Å². The van der Waals surface area contributed by atoms with E-state index in [2.05, 4.69) is 25.1 Å². The Bertz CT molecular complexity index is 2120. The van der Waals surface area contributed by atoms with Crippen molar-refractivity contribution in [1.82, 2.24) is 25.1 Å². The number of hydrogen-bond donors (Lipinski definition) is 3. The summed E-state index contributed by atoms with van der Waals surface area (Å²) >= 11 is 0. The minimum absolute atomic E-state index is 0.0617. The van der Waals surface area contributed by atoms with E-state index in [1.54, 1.807) is 44.7 Å². The van der Waals surface area contributed by atoms with E-state index in [1.165, 1.54) is 13.2 Å². The number of carbonyl (C=O) groups excluding carboxylic acids is 4. The molecule has 0 spiro atoms. The zero-order valence-corrected chi connectivity index (χ0v) is 27.9. The van der Waals surface area contributed by atoms with Gasteiger partial charge in [0.2, 0.25) is 11.8 Å². The highest BCUT2D eigenvalue weighted by atomic mass is 16.5. The molecule has 2 fully saturated rings. The predicted molar refractivity (Wildman–Crippen MR) is 182 cm³/mol. The number of pyridine rings is 2. The Hall–Kier alpha value is -5.80. The Morgan fingerprint density at radius 3 is 2.28 bits per heavy atom. The van der Waals surface area contributed by atoms with Crippen LogP contribution in [0.5, 0.6) is 11.5 Å². The van der Waals surface area contributed by atoms with Gasteiger partial charge in [-0.25, -0.2) is 10.0 Å². The quantitative estimate of drug-likeness (QED) is 0.174. The summed E-state index contributed by atoms with van der Waals surface area (Å²) in [6.07, 6.45) is 3.21. The molecule has 15 heteroatoms. The van der Waals surface area contributed by atoms with Crippen LogP contribution in [-0.4, -0.2) is 102 Å². The van der Waals surface area contributed by atoms with E-state index in [1.807, 2.05) is 19.2 Å². The van der Waals surface area contributed by atoms with Crippen LogP contribution in [0, 0.1) is 0 Å². The lowest BCUT2D eigenvalue weighted by Crippen LogP contribution is -2.58. The van der Waals surface area contributed by atoms with Gasteiger partial charge in [0, 0.05) is 69.2 Å². The first-order valence-electron chi connectivity index (χ1n) is 16.0. The number of H-pyrrole nitrogens is 1. The molecule has 3 aliphatic rings. The maximum atomic E-state index is 13.3. The van der Waals surface area contributed by atoms with Crippen molar-refractivity contribution in [2.24, 2.45) is 0 Å². The van der Waals surface area contributed by atoms with E-state index in [4.69, 9.17) is 9.47 Å². The van der Waals surface area contributed by atoms with Gasteiger partial charge in [0.15, 0.2) is 5.82 Å². The zero-order chi connectivity index (χ0) is 35.4. The summed E-state index contributed by atoms with van der Waals surface area (Å²) in [7, 11) is 6.56. The molecule has 7 rings (SSSR count). The van der Waals surface area contributed by atoms with Crippen molar-refractivity contribution in [1.29, 1.82) is 0 Å². The van der Waals surface area contributed by atoms with Crippen molar-refractivity contribution < 1.29 is 33.9 Å². The van der Waals surface area contributed by atoms with Crippen molar-refractivity contribution in [2.45, 2.75) is 31.5 Å². The number of nitrogens with one attached hydrogen (secondary N) is 2. The van der Waals surface area contributed by atoms with Gasteiger partial charge in [-0.3, -0.25) is 44.3 Å². The molecule has 258 valence electrons. The van der Waals surface area contributed by atoms with Gasteiger partial charge in [-0.15, -0.1) is 0 Å². The maximum absolute atomic E-state index is 13.3.